The number of rotatable bonds is 6. The van der Waals surface area contributed by atoms with Crippen molar-refractivity contribution in [1.29, 1.82) is 5.26 Å². The van der Waals surface area contributed by atoms with Gasteiger partial charge in [0.2, 0.25) is 0 Å². The fourth-order valence-electron chi connectivity index (χ4n) is 4.13. The molecule has 1 atom stereocenters. The third-order valence-corrected chi connectivity index (χ3v) is 5.78. The van der Waals surface area contributed by atoms with Gasteiger partial charge in [0, 0.05) is 17.1 Å². The minimum absolute atomic E-state index is 0.0116. The number of amides is 1. The number of carbonyl (C=O) groups excluding carboxylic acids is 1. The Kier molecular flexibility index (Phi) is 6.95. The van der Waals surface area contributed by atoms with Crippen molar-refractivity contribution in [3.8, 4) is 11.8 Å². The number of nitriles is 1. The number of hydrogen-bond donors (Lipinski definition) is 2. The zero-order valence-corrected chi connectivity index (χ0v) is 19.3. The summed E-state index contributed by atoms with van der Waals surface area (Å²) in [6, 6.07) is 24.3. The smallest absolute Gasteiger partial charge is 0.384 e. The molecule has 1 heterocycles. The molecular formula is C28H22F3N3O2. The molecule has 0 aliphatic carbocycles. The Labute approximate surface area is 206 Å². The van der Waals surface area contributed by atoms with Gasteiger partial charge in [-0.15, -0.1) is 0 Å². The van der Waals surface area contributed by atoms with Gasteiger partial charge in [-0.25, -0.2) is 0 Å². The number of nitrogens with zero attached hydrogens (tertiary/aromatic N) is 2. The Hall–Kier alpha value is -4.35. The van der Waals surface area contributed by atoms with Gasteiger partial charge in [0.15, 0.2) is 0 Å². The lowest BCUT2D eigenvalue weighted by Gasteiger charge is -2.16. The van der Waals surface area contributed by atoms with Crippen LogP contribution in [0, 0.1) is 11.3 Å². The van der Waals surface area contributed by atoms with Crippen LogP contribution in [0.3, 0.4) is 0 Å². The van der Waals surface area contributed by atoms with Crippen molar-refractivity contribution < 1.29 is 23.1 Å². The molecule has 4 rings (SSSR count). The van der Waals surface area contributed by atoms with Crippen LogP contribution in [0.4, 0.5) is 18.9 Å². The first-order valence-electron chi connectivity index (χ1n) is 11.2. The van der Waals surface area contributed by atoms with Gasteiger partial charge >= 0.3 is 6.18 Å². The number of anilines is 1. The normalized spacial score (nSPS) is 12.1. The standard InChI is InChI=1S/C28H22F3N3O2/c1-2-24-23(28(29,30)31)16-25(34(24)22-13-6-8-18(14-22)17-32)27(36)33-21-12-7-11-20(15-21)26(35)19-9-4-3-5-10-19/h3-16,26,35H,2H2,1H3,(H,33,36). The van der Waals surface area contributed by atoms with E-state index in [1.54, 1.807) is 67.6 Å². The Balaban J connectivity index is 1.74. The molecule has 0 radical (unpaired) electrons. The van der Waals surface area contributed by atoms with Gasteiger partial charge in [-0.05, 0) is 53.9 Å². The summed E-state index contributed by atoms with van der Waals surface area (Å²) in [6.45, 7) is 1.57. The van der Waals surface area contributed by atoms with Crippen LogP contribution < -0.4 is 5.32 Å². The van der Waals surface area contributed by atoms with Crippen LogP contribution in [0.2, 0.25) is 0 Å². The van der Waals surface area contributed by atoms with Gasteiger partial charge in [0.25, 0.3) is 5.91 Å². The van der Waals surface area contributed by atoms with Crippen molar-refractivity contribution in [3.05, 3.63) is 119 Å². The van der Waals surface area contributed by atoms with Crippen molar-refractivity contribution >= 4 is 11.6 Å². The Morgan fingerprint density at radius 1 is 1.00 bits per heavy atom. The van der Waals surface area contributed by atoms with Crippen LogP contribution in [0.5, 0.6) is 0 Å². The van der Waals surface area contributed by atoms with E-state index >= 15 is 0 Å². The lowest BCUT2D eigenvalue weighted by Crippen LogP contribution is -2.17. The van der Waals surface area contributed by atoms with E-state index in [0.29, 0.717) is 16.8 Å². The van der Waals surface area contributed by atoms with Crippen molar-refractivity contribution in [3.63, 3.8) is 0 Å². The van der Waals surface area contributed by atoms with Crippen LogP contribution in [-0.2, 0) is 12.6 Å². The van der Waals surface area contributed by atoms with Gasteiger partial charge < -0.3 is 15.0 Å². The van der Waals surface area contributed by atoms with Gasteiger partial charge in [-0.1, -0.05) is 55.5 Å². The van der Waals surface area contributed by atoms with Crippen molar-refractivity contribution in [2.75, 3.05) is 5.32 Å². The molecule has 36 heavy (non-hydrogen) atoms. The number of carbonyl (C=O) groups is 1. The molecule has 0 saturated carbocycles. The van der Waals surface area contributed by atoms with Gasteiger partial charge in [0.1, 0.15) is 11.8 Å². The first-order valence-corrected chi connectivity index (χ1v) is 11.2. The van der Waals surface area contributed by atoms with E-state index in [-0.39, 0.29) is 29.1 Å². The largest absolute Gasteiger partial charge is 0.418 e. The number of hydrogen-bond acceptors (Lipinski definition) is 3. The van der Waals surface area contributed by atoms with Crippen LogP contribution >= 0.6 is 0 Å². The summed E-state index contributed by atoms with van der Waals surface area (Å²) < 4.78 is 42.8. The molecular weight excluding hydrogens is 467 g/mol. The number of halogens is 3. The highest BCUT2D eigenvalue weighted by atomic mass is 19.4. The van der Waals surface area contributed by atoms with Crippen molar-refractivity contribution in [2.45, 2.75) is 25.6 Å². The first-order chi connectivity index (χ1) is 17.2. The van der Waals surface area contributed by atoms with Gasteiger partial charge in [-0.2, -0.15) is 18.4 Å². The average molecular weight is 489 g/mol. The van der Waals surface area contributed by atoms with E-state index in [1.165, 1.54) is 16.7 Å². The maximum atomic E-state index is 13.9. The maximum Gasteiger partial charge on any atom is 0.418 e. The van der Waals surface area contributed by atoms with Crippen molar-refractivity contribution in [2.24, 2.45) is 0 Å². The highest BCUT2D eigenvalue weighted by molar-refractivity contribution is 6.04. The quantitative estimate of drug-likeness (QED) is 0.335. The lowest BCUT2D eigenvalue weighted by molar-refractivity contribution is -0.138. The Morgan fingerprint density at radius 2 is 1.69 bits per heavy atom. The molecule has 1 unspecified atom stereocenters. The lowest BCUT2D eigenvalue weighted by atomic mass is 10.0. The SMILES string of the molecule is CCc1c(C(F)(F)F)cc(C(=O)Nc2cccc(C(O)c3ccccc3)c2)n1-c1cccc(C#N)c1. The summed E-state index contributed by atoms with van der Waals surface area (Å²) >= 11 is 0. The second-order valence-electron chi connectivity index (χ2n) is 8.13. The third-order valence-electron chi connectivity index (χ3n) is 5.78. The highest BCUT2D eigenvalue weighted by Crippen LogP contribution is 2.36. The summed E-state index contributed by atoms with van der Waals surface area (Å²) in [7, 11) is 0. The fraction of sp³-hybridized carbons (Fsp3) is 0.143. The van der Waals surface area contributed by atoms with E-state index in [2.05, 4.69) is 5.32 Å². The molecule has 0 fully saturated rings. The summed E-state index contributed by atoms with van der Waals surface area (Å²) in [6.07, 6.45) is -5.60. The second kappa shape index (κ2) is 10.1. The van der Waals surface area contributed by atoms with Crippen LogP contribution in [-0.4, -0.2) is 15.6 Å². The molecule has 182 valence electrons. The number of aliphatic hydroxyl groups excluding tert-OH is 1. The van der Waals surface area contributed by atoms with Crippen molar-refractivity contribution in [1.82, 2.24) is 4.57 Å². The molecule has 0 aliphatic heterocycles. The second-order valence-corrected chi connectivity index (χ2v) is 8.13. The fourth-order valence-corrected chi connectivity index (χ4v) is 4.13. The summed E-state index contributed by atoms with van der Waals surface area (Å²) in [5, 5.41) is 22.6. The summed E-state index contributed by atoms with van der Waals surface area (Å²) in [5.74, 6) is -0.756. The zero-order valence-electron chi connectivity index (χ0n) is 19.3. The monoisotopic (exact) mass is 489 g/mol. The van der Waals surface area contributed by atoms with Crippen LogP contribution in [0.1, 0.15) is 51.5 Å². The molecule has 1 aromatic heterocycles. The predicted octanol–water partition coefficient (Wildman–Crippen LogP) is 6.26. The molecule has 0 saturated heterocycles. The number of nitrogens with one attached hydrogen (secondary N) is 1. The molecule has 2 N–H and O–H groups in total. The van der Waals surface area contributed by atoms with E-state index in [4.69, 9.17) is 0 Å². The Morgan fingerprint density at radius 3 is 2.36 bits per heavy atom. The third kappa shape index (κ3) is 5.02. The first kappa shape index (κ1) is 24.8. The van der Waals surface area contributed by atoms with Gasteiger partial charge in [-0.3, -0.25) is 4.79 Å². The number of aromatic nitrogens is 1. The maximum absolute atomic E-state index is 13.9. The molecule has 0 bridgehead atoms. The van der Waals surface area contributed by atoms with E-state index in [1.807, 2.05) is 12.1 Å². The molecule has 1 amide bonds. The number of aliphatic hydroxyl groups is 1. The molecule has 8 heteroatoms. The summed E-state index contributed by atoms with van der Waals surface area (Å²) in [4.78, 5) is 13.3. The zero-order chi connectivity index (χ0) is 25.9. The van der Waals surface area contributed by atoms with Crippen LogP contribution in [0.15, 0.2) is 84.9 Å². The van der Waals surface area contributed by atoms with E-state index in [9.17, 15) is 28.3 Å². The molecule has 0 spiro atoms. The van der Waals surface area contributed by atoms with E-state index < -0.39 is 23.8 Å². The molecule has 5 nitrogen and oxygen atoms in total. The molecule has 0 aliphatic rings. The topological polar surface area (TPSA) is 78.0 Å². The Bertz CT molecular complexity index is 1440. The minimum atomic E-state index is -4.67. The predicted molar refractivity (Wildman–Crippen MR) is 130 cm³/mol. The van der Waals surface area contributed by atoms with E-state index in [0.717, 1.165) is 6.07 Å². The summed E-state index contributed by atoms with van der Waals surface area (Å²) in [5.41, 5.74) is 0.809. The van der Waals surface area contributed by atoms with Gasteiger partial charge in [0.05, 0.1) is 17.2 Å². The molecule has 3 aromatic carbocycles. The minimum Gasteiger partial charge on any atom is -0.384 e. The number of benzene rings is 3. The van der Waals surface area contributed by atoms with Crippen LogP contribution in [0.25, 0.3) is 5.69 Å². The highest BCUT2D eigenvalue weighted by Gasteiger charge is 2.37. The molecule has 4 aromatic rings. The average Bonchev–Trinajstić information content (AvgIpc) is 3.30. The number of alkyl halides is 3.